The highest BCUT2D eigenvalue weighted by Crippen LogP contribution is 2.38. The largest absolute Gasteiger partial charge is 0.353 e. The molecule has 0 aromatic carbocycles. The molecular weight excluding hydrogens is 234 g/mol. The van der Waals surface area contributed by atoms with E-state index < -0.39 is 0 Å². The lowest BCUT2D eigenvalue weighted by Gasteiger charge is -2.38. The van der Waals surface area contributed by atoms with Crippen LogP contribution >= 0.6 is 11.6 Å². The molecule has 92 valence electrons. The van der Waals surface area contributed by atoms with E-state index in [2.05, 4.69) is 20.9 Å². The molecule has 2 fully saturated rings. The number of fused-ring (bicyclic) bond motifs is 1. The number of hydrogen-bond acceptors (Lipinski definition) is 3. The van der Waals surface area contributed by atoms with Gasteiger partial charge in [0.25, 0.3) is 0 Å². The molecule has 2 aliphatic rings. The van der Waals surface area contributed by atoms with Crippen LogP contribution < -0.4 is 4.90 Å². The highest BCUT2D eigenvalue weighted by Gasteiger charge is 2.35. The van der Waals surface area contributed by atoms with E-state index >= 15 is 0 Å². The summed E-state index contributed by atoms with van der Waals surface area (Å²) in [5, 5.41) is 0.375. The van der Waals surface area contributed by atoms with Crippen molar-refractivity contribution in [3.05, 3.63) is 17.0 Å². The second-order valence-electron chi connectivity index (χ2n) is 5.23. The second kappa shape index (κ2) is 4.45. The Hall–Kier alpha value is -0.830. The van der Waals surface area contributed by atoms with Crippen molar-refractivity contribution < 1.29 is 0 Å². The lowest BCUT2D eigenvalue weighted by Crippen LogP contribution is -2.43. The average Bonchev–Trinajstić information content (AvgIpc) is 2.75. The van der Waals surface area contributed by atoms with Gasteiger partial charge in [0.05, 0.1) is 0 Å². The van der Waals surface area contributed by atoms with Crippen molar-refractivity contribution in [2.45, 2.75) is 45.1 Å². The summed E-state index contributed by atoms with van der Waals surface area (Å²) in [6.45, 7) is 3.10. The van der Waals surface area contributed by atoms with Gasteiger partial charge in [0.1, 0.15) is 5.82 Å². The van der Waals surface area contributed by atoms with E-state index in [1.54, 1.807) is 0 Å². The summed E-state index contributed by atoms with van der Waals surface area (Å²) in [6.07, 6.45) is 6.73. The van der Waals surface area contributed by atoms with Gasteiger partial charge in [-0.25, -0.2) is 9.97 Å². The van der Waals surface area contributed by atoms with Crippen LogP contribution in [-0.4, -0.2) is 22.6 Å². The smallest absolute Gasteiger partial charge is 0.224 e. The van der Waals surface area contributed by atoms with Gasteiger partial charge in [0.15, 0.2) is 0 Å². The Bertz CT molecular complexity index is 401. The minimum atomic E-state index is 0.375. The summed E-state index contributed by atoms with van der Waals surface area (Å²) in [4.78, 5) is 11.0. The van der Waals surface area contributed by atoms with Crippen molar-refractivity contribution >= 4 is 17.4 Å². The molecule has 1 saturated carbocycles. The van der Waals surface area contributed by atoms with Crippen molar-refractivity contribution in [2.75, 3.05) is 11.4 Å². The molecule has 3 rings (SSSR count). The Morgan fingerprint density at radius 3 is 2.88 bits per heavy atom. The highest BCUT2D eigenvalue weighted by atomic mass is 35.5. The van der Waals surface area contributed by atoms with Gasteiger partial charge in [0, 0.05) is 24.3 Å². The van der Waals surface area contributed by atoms with Gasteiger partial charge >= 0.3 is 0 Å². The van der Waals surface area contributed by atoms with Crippen molar-refractivity contribution in [1.29, 1.82) is 0 Å². The molecule has 2 atom stereocenters. The third-order valence-electron chi connectivity index (χ3n) is 4.10. The zero-order chi connectivity index (χ0) is 11.8. The molecule has 0 amide bonds. The summed E-state index contributed by atoms with van der Waals surface area (Å²) in [5.74, 6) is 1.90. The SMILES string of the molecule is Cc1cc(N2CCCC3CCCC32)nc(Cl)n1. The molecular formula is C13H18ClN3. The van der Waals surface area contributed by atoms with Crippen LogP contribution in [0.3, 0.4) is 0 Å². The summed E-state index contributed by atoms with van der Waals surface area (Å²) >= 11 is 5.96. The Labute approximate surface area is 107 Å². The summed E-state index contributed by atoms with van der Waals surface area (Å²) in [5.41, 5.74) is 0.958. The fourth-order valence-corrected chi connectivity index (χ4v) is 3.62. The van der Waals surface area contributed by atoms with Crippen LogP contribution in [0.1, 0.15) is 37.8 Å². The maximum absolute atomic E-state index is 5.96. The normalized spacial score (nSPS) is 28.2. The van der Waals surface area contributed by atoms with E-state index in [-0.39, 0.29) is 0 Å². The third-order valence-corrected chi connectivity index (χ3v) is 4.27. The van der Waals surface area contributed by atoms with Crippen molar-refractivity contribution in [3.8, 4) is 0 Å². The molecule has 0 spiro atoms. The first-order valence-corrected chi connectivity index (χ1v) is 6.89. The molecule has 4 heteroatoms. The molecule has 17 heavy (non-hydrogen) atoms. The maximum Gasteiger partial charge on any atom is 0.224 e. The molecule has 0 radical (unpaired) electrons. The summed E-state index contributed by atoms with van der Waals surface area (Å²) < 4.78 is 0. The molecule has 1 aromatic heterocycles. The monoisotopic (exact) mass is 251 g/mol. The van der Waals surface area contributed by atoms with Crippen LogP contribution in [0.5, 0.6) is 0 Å². The number of hydrogen-bond donors (Lipinski definition) is 0. The second-order valence-corrected chi connectivity index (χ2v) is 5.57. The van der Waals surface area contributed by atoms with Crippen LogP contribution in [0.25, 0.3) is 0 Å². The van der Waals surface area contributed by atoms with Crippen LogP contribution in [0.15, 0.2) is 6.07 Å². The van der Waals surface area contributed by atoms with Gasteiger partial charge in [-0.2, -0.15) is 0 Å². The fraction of sp³-hybridized carbons (Fsp3) is 0.692. The van der Waals surface area contributed by atoms with Crippen molar-refractivity contribution in [2.24, 2.45) is 5.92 Å². The number of piperidine rings is 1. The van der Waals surface area contributed by atoms with Gasteiger partial charge in [-0.1, -0.05) is 6.42 Å². The fourth-order valence-electron chi connectivity index (χ4n) is 3.40. The van der Waals surface area contributed by atoms with E-state index in [0.717, 1.165) is 24.0 Å². The first-order chi connectivity index (χ1) is 8.24. The number of anilines is 1. The molecule has 0 N–H and O–H groups in total. The van der Waals surface area contributed by atoms with Crippen LogP contribution in [0.4, 0.5) is 5.82 Å². The first-order valence-electron chi connectivity index (χ1n) is 6.52. The number of halogens is 1. The van der Waals surface area contributed by atoms with E-state index in [1.165, 1.54) is 32.1 Å². The zero-order valence-corrected chi connectivity index (χ0v) is 11.0. The van der Waals surface area contributed by atoms with Gasteiger partial charge in [0.2, 0.25) is 5.28 Å². The summed E-state index contributed by atoms with van der Waals surface area (Å²) in [6, 6.07) is 2.75. The minimum Gasteiger partial charge on any atom is -0.353 e. The van der Waals surface area contributed by atoms with Gasteiger partial charge in [-0.05, 0) is 50.1 Å². The Morgan fingerprint density at radius 1 is 1.24 bits per heavy atom. The number of aryl methyl sites for hydroxylation is 1. The Balaban J connectivity index is 1.91. The van der Waals surface area contributed by atoms with E-state index in [0.29, 0.717) is 11.3 Å². The van der Waals surface area contributed by atoms with Crippen LogP contribution in [-0.2, 0) is 0 Å². The van der Waals surface area contributed by atoms with Gasteiger partial charge in [-0.15, -0.1) is 0 Å². The predicted octanol–water partition coefficient (Wildman–Crippen LogP) is 3.21. The topological polar surface area (TPSA) is 29.0 Å². The molecule has 1 saturated heterocycles. The average molecular weight is 252 g/mol. The third kappa shape index (κ3) is 2.13. The number of rotatable bonds is 1. The van der Waals surface area contributed by atoms with Crippen LogP contribution in [0.2, 0.25) is 5.28 Å². The van der Waals surface area contributed by atoms with E-state index in [1.807, 2.05) is 6.92 Å². The molecule has 2 unspecified atom stereocenters. The molecule has 0 bridgehead atoms. The van der Waals surface area contributed by atoms with E-state index in [4.69, 9.17) is 11.6 Å². The lowest BCUT2D eigenvalue weighted by molar-refractivity contribution is 0.360. The maximum atomic E-state index is 5.96. The number of aromatic nitrogens is 2. The van der Waals surface area contributed by atoms with Crippen molar-refractivity contribution in [1.82, 2.24) is 9.97 Å². The molecule has 1 aliphatic heterocycles. The number of nitrogens with zero attached hydrogens (tertiary/aromatic N) is 3. The van der Waals surface area contributed by atoms with Crippen molar-refractivity contribution in [3.63, 3.8) is 0 Å². The molecule has 2 heterocycles. The quantitative estimate of drug-likeness (QED) is 0.718. The Kier molecular flexibility index (Phi) is 2.95. The summed E-state index contributed by atoms with van der Waals surface area (Å²) in [7, 11) is 0. The van der Waals surface area contributed by atoms with Gasteiger partial charge < -0.3 is 4.90 Å². The molecule has 1 aliphatic carbocycles. The highest BCUT2D eigenvalue weighted by molar-refractivity contribution is 6.28. The Morgan fingerprint density at radius 2 is 2.06 bits per heavy atom. The van der Waals surface area contributed by atoms with E-state index in [9.17, 15) is 0 Å². The lowest BCUT2D eigenvalue weighted by atomic mass is 9.92. The zero-order valence-electron chi connectivity index (χ0n) is 10.2. The molecule has 3 nitrogen and oxygen atoms in total. The van der Waals surface area contributed by atoms with Gasteiger partial charge in [-0.3, -0.25) is 0 Å². The minimum absolute atomic E-state index is 0.375. The predicted molar refractivity (Wildman–Crippen MR) is 69.5 cm³/mol. The molecule has 1 aromatic rings. The first kappa shape index (κ1) is 11.3. The van der Waals surface area contributed by atoms with Crippen LogP contribution in [0, 0.1) is 12.8 Å². The standard InChI is InChI=1S/C13H18ClN3/c1-9-8-12(16-13(14)15-9)17-7-3-5-10-4-2-6-11(10)17/h8,10-11H,2-7H2,1H3.